The molecule has 184 valence electrons. The number of nitrogens with one attached hydrogen (secondary N) is 2. The van der Waals surface area contributed by atoms with E-state index in [2.05, 4.69) is 26.3 Å². The van der Waals surface area contributed by atoms with Gasteiger partial charge in [-0.3, -0.25) is 4.79 Å². The molecule has 8 heteroatoms. The quantitative estimate of drug-likeness (QED) is 0.424. The van der Waals surface area contributed by atoms with Crippen LogP contribution in [0, 0.1) is 11.7 Å². The predicted octanol–water partition coefficient (Wildman–Crippen LogP) is 5.33. The summed E-state index contributed by atoms with van der Waals surface area (Å²) >= 11 is 0. The third kappa shape index (κ3) is 4.93. The minimum absolute atomic E-state index is 0.151. The molecule has 3 N–H and O–H groups in total. The molecule has 0 aliphatic heterocycles. The molecule has 2 aromatic heterocycles. The number of hydrogen-bond acceptors (Lipinski definition) is 5. The Hall–Kier alpha value is -3.26. The molecule has 2 atom stereocenters. The van der Waals surface area contributed by atoms with Crippen molar-refractivity contribution in [1.82, 2.24) is 20.3 Å². The summed E-state index contributed by atoms with van der Waals surface area (Å²) in [6, 6.07) is 6.08. The highest BCUT2D eigenvalue weighted by atomic mass is 19.1. The number of aliphatic carboxylic acids is 1. The van der Waals surface area contributed by atoms with Gasteiger partial charge < -0.3 is 20.1 Å². The second kappa shape index (κ2) is 10.2. The van der Waals surface area contributed by atoms with Crippen molar-refractivity contribution in [2.75, 3.05) is 7.11 Å². The van der Waals surface area contributed by atoms with E-state index in [0.29, 0.717) is 22.7 Å². The smallest absolute Gasteiger partial charge is 0.320 e. The Labute approximate surface area is 203 Å². The molecule has 0 amide bonds. The molecule has 2 aliphatic rings. The van der Waals surface area contributed by atoms with Gasteiger partial charge in [-0.25, -0.2) is 14.4 Å². The number of H-pyrrole nitrogens is 1. The van der Waals surface area contributed by atoms with Gasteiger partial charge in [0.25, 0.3) is 0 Å². The van der Waals surface area contributed by atoms with E-state index >= 15 is 0 Å². The number of rotatable bonds is 7. The summed E-state index contributed by atoms with van der Waals surface area (Å²) in [5.41, 5.74) is 4.00. The average molecular weight is 479 g/mol. The molecule has 1 unspecified atom stereocenters. The van der Waals surface area contributed by atoms with Gasteiger partial charge in [-0.2, -0.15) is 0 Å². The van der Waals surface area contributed by atoms with Gasteiger partial charge in [0.15, 0.2) is 0 Å². The molecule has 0 saturated heterocycles. The maximum absolute atomic E-state index is 14.0. The lowest BCUT2D eigenvalue weighted by molar-refractivity contribution is -0.141. The van der Waals surface area contributed by atoms with Crippen LogP contribution in [0.15, 0.2) is 36.7 Å². The molecule has 35 heavy (non-hydrogen) atoms. The van der Waals surface area contributed by atoms with E-state index in [1.54, 1.807) is 13.2 Å². The fraction of sp³-hybridized carbons (Fsp3) is 0.444. The average Bonchev–Trinajstić information content (AvgIpc) is 3.32. The van der Waals surface area contributed by atoms with Gasteiger partial charge in [0.05, 0.1) is 12.8 Å². The number of hydrogen-bond donors (Lipinski definition) is 3. The van der Waals surface area contributed by atoms with Crippen LogP contribution in [0.2, 0.25) is 0 Å². The first kappa shape index (κ1) is 23.5. The number of carboxylic acids is 1. The first-order valence-electron chi connectivity index (χ1n) is 12.4. The molecule has 1 saturated carbocycles. The first-order valence-corrected chi connectivity index (χ1v) is 12.4. The zero-order chi connectivity index (χ0) is 24.4. The number of benzene rings is 1. The van der Waals surface area contributed by atoms with Crippen molar-refractivity contribution in [3.63, 3.8) is 0 Å². The molecule has 2 aliphatic carbocycles. The summed E-state index contributed by atoms with van der Waals surface area (Å²) in [5, 5.41) is 14.1. The highest BCUT2D eigenvalue weighted by Crippen LogP contribution is 2.36. The van der Waals surface area contributed by atoms with Crippen LogP contribution in [0.1, 0.15) is 57.1 Å². The van der Waals surface area contributed by atoms with Crippen molar-refractivity contribution in [2.24, 2.45) is 5.92 Å². The zero-order valence-electron chi connectivity index (χ0n) is 19.9. The lowest BCUT2D eigenvalue weighted by Crippen LogP contribution is -2.48. The van der Waals surface area contributed by atoms with E-state index in [1.165, 1.54) is 30.5 Å². The Balaban J connectivity index is 1.36. The number of methoxy groups -OCH3 is 1. The Bertz CT molecular complexity index is 1250. The van der Waals surface area contributed by atoms with Crippen LogP contribution in [-0.4, -0.2) is 45.2 Å². The van der Waals surface area contributed by atoms with Crippen molar-refractivity contribution in [1.29, 1.82) is 0 Å². The maximum atomic E-state index is 14.0. The van der Waals surface area contributed by atoms with E-state index in [0.717, 1.165) is 56.0 Å². The summed E-state index contributed by atoms with van der Waals surface area (Å²) in [7, 11) is 1.55. The molecule has 5 rings (SSSR count). The largest absolute Gasteiger partial charge is 0.496 e. The molecule has 0 spiro atoms. The molecule has 7 nitrogen and oxygen atoms in total. The highest BCUT2D eigenvalue weighted by Gasteiger charge is 2.31. The Morgan fingerprint density at radius 2 is 2.03 bits per heavy atom. The summed E-state index contributed by atoms with van der Waals surface area (Å²) in [6.45, 7) is 0. The molecule has 1 aromatic carbocycles. The van der Waals surface area contributed by atoms with E-state index in [4.69, 9.17) is 4.74 Å². The standard InChI is InChI=1S/C27H31FN4O3/c1-35-23-12-9-18(28)13-20(23)25-21-14-22(32-26(21)30-15-29-25)16-7-10-19(11-8-16)31-24(27(33)34)17-5-3-2-4-6-17/h7,9,12-15,17,19,24,31H,2-6,8,10-11H2,1H3,(H,33,34)(H,29,30,32)/t19?,24-/m0/s1. The van der Waals surface area contributed by atoms with Crippen molar-refractivity contribution in [3.05, 3.63) is 48.2 Å². The van der Waals surface area contributed by atoms with E-state index in [9.17, 15) is 14.3 Å². The fourth-order valence-electron chi connectivity index (χ4n) is 5.55. The van der Waals surface area contributed by atoms with Crippen LogP contribution in [0.3, 0.4) is 0 Å². The number of ether oxygens (including phenoxy) is 1. The molecule has 2 heterocycles. The Morgan fingerprint density at radius 3 is 2.74 bits per heavy atom. The van der Waals surface area contributed by atoms with Crippen molar-refractivity contribution < 1.29 is 19.0 Å². The first-order chi connectivity index (χ1) is 17.0. The number of halogens is 1. The number of nitrogens with zero attached hydrogens (tertiary/aromatic N) is 2. The van der Waals surface area contributed by atoms with Crippen LogP contribution in [0.4, 0.5) is 4.39 Å². The van der Waals surface area contributed by atoms with Crippen LogP contribution in [-0.2, 0) is 4.79 Å². The molecular formula is C27H31FN4O3. The lowest BCUT2D eigenvalue weighted by Gasteiger charge is -2.32. The number of allylic oxidation sites excluding steroid dienone is 1. The normalized spacial score (nSPS) is 19.9. The van der Waals surface area contributed by atoms with Gasteiger partial charge >= 0.3 is 5.97 Å². The number of carbonyl (C=O) groups is 1. The van der Waals surface area contributed by atoms with Gasteiger partial charge in [0.1, 0.15) is 29.6 Å². The summed E-state index contributed by atoms with van der Waals surface area (Å²) < 4.78 is 19.4. The molecule has 3 aromatic rings. The second-order valence-corrected chi connectivity index (χ2v) is 9.59. The lowest BCUT2D eigenvalue weighted by atomic mass is 9.83. The molecular weight excluding hydrogens is 447 g/mol. The predicted molar refractivity (Wildman–Crippen MR) is 133 cm³/mol. The van der Waals surface area contributed by atoms with Crippen molar-refractivity contribution >= 4 is 22.6 Å². The number of fused-ring (bicyclic) bond motifs is 1. The minimum Gasteiger partial charge on any atom is -0.496 e. The van der Waals surface area contributed by atoms with E-state index in [-0.39, 0.29) is 17.8 Å². The van der Waals surface area contributed by atoms with E-state index < -0.39 is 12.0 Å². The minimum atomic E-state index is -0.735. The van der Waals surface area contributed by atoms with Gasteiger partial charge in [0.2, 0.25) is 0 Å². The maximum Gasteiger partial charge on any atom is 0.320 e. The monoisotopic (exact) mass is 478 g/mol. The molecule has 1 fully saturated rings. The van der Waals surface area contributed by atoms with Gasteiger partial charge in [-0.05, 0) is 67.9 Å². The van der Waals surface area contributed by atoms with Crippen LogP contribution in [0.5, 0.6) is 5.75 Å². The SMILES string of the molecule is COc1ccc(F)cc1-c1ncnc2[nH]c(C3=CCC(N[C@H](C(=O)O)C4CCCCC4)CC3)cc12. The van der Waals surface area contributed by atoms with Gasteiger partial charge in [0, 0.05) is 22.7 Å². The summed E-state index contributed by atoms with van der Waals surface area (Å²) in [5.74, 6) is -0.325. The Morgan fingerprint density at radius 1 is 1.20 bits per heavy atom. The number of carboxylic acid groups (broad SMARTS) is 1. The van der Waals surface area contributed by atoms with Crippen molar-refractivity contribution in [3.8, 4) is 17.0 Å². The fourth-order valence-corrected chi connectivity index (χ4v) is 5.55. The topological polar surface area (TPSA) is 100 Å². The summed E-state index contributed by atoms with van der Waals surface area (Å²) in [6.07, 6.45) is 11.6. The van der Waals surface area contributed by atoms with E-state index in [1.807, 2.05) is 6.07 Å². The van der Waals surface area contributed by atoms with Gasteiger partial charge in [-0.1, -0.05) is 25.3 Å². The summed E-state index contributed by atoms with van der Waals surface area (Å²) in [4.78, 5) is 24.1. The van der Waals surface area contributed by atoms with Crippen LogP contribution in [0.25, 0.3) is 27.9 Å². The third-order valence-electron chi connectivity index (χ3n) is 7.40. The number of aromatic nitrogens is 3. The number of aromatic amines is 1. The van der Waals surface area contributed by atoms with Crippen molar-refractivity contribution in [2.45, 2.75) is 63.5 Å². The Kier molecular flexibility index (Phi) is 6.81. The molecule has 0 bridgehead atoms. The van der Waals surface area contributed by atoms with Gasteiger partial charge in [-0.15, -0.1) is 0 Å². The third-order valence-corrected chi connectivity index (χ3v) is 7.40. The molecule has 0 radical (unpaired) electrons. The second-order valence-electron chi connectivity index (χ2n) is 9.59. The highest BCUT2D eigenvalue weighted by molar-refractivity contribution is 5.94. The zero-order valence-corrected chi connectivity index (χ0v) is 19.9. The van der Waals surface area contributed by atoms with Crippen LogP contribution < -0.4 is 10.1 Å². The van der Waals surface area contributed by atoms with Crippen LogP contribution >= 0.6 is 0 Å².